The summed E-state index contributed by atoms with van der Waals surface area (Å²) in [5.74, 6) is 1.83. The number of rotatable bonds is 3. The molecule has 0 spiro atoms. The number of aryl methyl sites for hydroxylation is 3. The van der Waals surface area contributed by atoms with Gasteiger partial charge < -0.3 is 4.74 Å². The Morgan fingerprint density at radius 3 is 2.32 bits per heavy atom. The summed E-state index contributed by atoms with van der Waals surface area (Å²) in [6.45, 7) is 6.01. The van der Waals surface area contributed by atoms with E-state index in [0.29, 0.717) is 11.8 Å². The van der Waals surface area contributed by atoms with Crippen LogP contribution in [0.3, 0.4) is 0 Å². The van der Waals surface area contributed by atoms with Gasteiger partial charge in [0.25, 0.3) is 0 Å². The van der Waals surface area contributed by atoms with Gasteiger partial charge >= 0.3 is 0 Å². The first kappa shape index (κ1) is 14.4. The summed E-state index contributed by atoms with van der Waals surface area (Å²) in [5, 5.41) is 0. The quantitative estimate of drug-likeness (QED) is 0.707. The molecular formula is C15H15BrClNO. The molecule has 4 heteroatoms. The monoisotopic (exact) mass is 339 g/mol. The molecule has 0 radical (unpaired) electrons. The van der Waals surface area contributed by atoms with E-state index >= 15 is 0 Å². The van der Waals surface area contributed by atoms with Gasteiger partial charge in [-0.2, -0.15) is 0 Å². The lowest BCUT2D eigenvalue weighted by molar-refractivity contribution is 0.460. The van der Waals surface area contributed by atoms with Crippen molar-refractivity contribution in [2.75, 3.05) is 0 Å². The topological polar surface area (TPSA) is 22.1 Å². The van der Waals surface area contributed by atoms with Crippen LogP contribution in [0.2, 0.25) is 0 Å². The number of benzene rings is 1. The third-order valence-corrected chi connectivity index (χ3v) is 4.34. The van der Waals surface area contributed by atoms with E-state index < -0.39 is 0 Å². The SMILES string of the molecule is Cc1cc(CCl)cc(Oc2cc(C)c(Br)c(C)c2)n1. The van der Waals surface area contributed by atoms with Gasteiger partial charge in [0.1, 0.15) is 5.75 Å². The van der Waals surface area contributed by atoms with Crippen molar-refractivity contribution in [1.29, 1.82) is 0 Å². The Kier molecular flexibility index (Phi) is 4.48. The van der Waals surface area contributed by atoms with E-state index in [0.717, 1.165) is 32.6 Å². The largest absolute Gasteiger partial charge is 0.439 e. The molecule has 0 amide bonds. The van der Waals surface area contributed by atoms with Gasteiger partial charge in [0.2, 0.25) is 5.88 Å². The molecule has 0 atom stereocenters. The van der Waals surface area contributed by atoms with E-state index in [1.165, 1.54) is 0 Å². The minimum absolute atomic E-state index is 0.456. The van der Waals surface area contributed by atoms with Crippen molar-refractivity contribution in [3.05, 3.63) is 51.1 Å². The predicted molar refractivity (Wildman–Crippen MR) is 82.2 cm³/mol. The molecule has 2 nitrogen and oxygen atoms in total. The molecule has 0 saturated heterocycles. The Bertz CT molecular complexity index is 590. The van der Waals surface area contributed by atoms with Gasteiger partial charge in [-0.3, -0.25) is 0 Å². The zero-order valence-corrected chi connectivity index (χ0v) is 13.5. The summed E-state index contributed by atoms with van der Waals surface area (Å²) >= 11 is 9.40. The molecule has 1 aromatic carbocycles. The van der Waals surface area contributed by atoms with Gasteiger partial charge in [-0.1, -0.05) is 15.9 Å². The Labute approximate surface area is 126 Å². The molecule has 100 valence electrons. The molecule has 1 aromatic heterocycles. The van der Waals surface area contributed by atoms with Crippen LogP contribution in [0.4, 0.5) is 0 Å². The first-order valence-electron chi connectivity index (χ1n) is 5.97. The number of aromatic nitrogens is 1. The van der Waals surface area contributed by atoms with E-state index in [9.17, 15) is 0 Å². The predicted octanol–water partition coefficient (Wildman–Crippen LogP) is 5.30. The summed E-state index contributed by atoms with van der Waals surface area (Å²) in [6.07, 6.45) is 0. The number of nitrogens with zero attached hydrogens (tertiary/aromatic N) is 1. The highest BCUT2D eigenvalue weighted by atomic mass is 79.9. The second-order valence-electron chi connectivity index (χ2n) is 4.56. The second-order valence-corrected chi connectivity index (χ2v) is 5.62. The van der Waals surface area contributed by atoms with Gasteiger partial charge in [0, 0.05) is 22.1 Å². The number of ether oxygens (including phenoxy) is 1. The lowest BCUT2D eigenvalue weighted by Crippen LogP contribution is -1.94. The minimum atomic E-state index is 0.456. The average molecular weight is 341 g/mol. The van der Waals surface area contributed by atoms with E-state index in [4.69, 9.17) is 16.3 Å². The Morgan fingerprint density at radius 1 is 1.11 bits per heavy atom. The van der Waals surface area contributed by atoms with Crippen molar-refractivity contribution in [1.82, 2.24) is 4.98 Å². The van der Waals surface area contributed by atoms with Crippen LogP contribution >= 0.6 is 27.5 Å². The molecule has 2 rings (SSSR count). The van der Waals surface area contributed by atoms with Crippen molar-refractivity contribution >= 4 is 27.5 Å². The third kappa shape index (κ3) is 3.48. The average Bonchev–Trinajstić information content (AvgIpc) is 2.35. The third-order valence-electron chi connectivity index (χ3n) is 2.78. The molecule has 0 fully saturated rings. The standard InChI is InChI=1S/C15H15BrClNO/c1-9-4-13(5-10(2)15(9)16)19-14-7-12(8-17)6-11(3)18-14/h4-7H,8H2,1-3H3. The van der Waals surface area contributed by atoms with Crippen LogP contribution in [-0.4, -0.2) is 4.98 Å². The van der Waals surface area contributed by atoms with E-state index in [2.05, 4.69) is 20.9 Å². The summed E-state index contributed by atoms with van der Waals surface area (Å²) in [4.78, 5) is 4.37. The Balaban J connectivity index is 2.33. The second kappa shape index (κ2) is 5.93. The van der Waals surface area contributed by atoms with Crippen LogP contribution in [0, 0.1) is 20.8 Å². The van der Waals surface area contributed by atoms with Crippen LogP contribution < -0.4 is 4.74 Å². The normalized spacial score (nSPS) is 10.6. The maximum Gasteiger partial charge on any atom is 0.219 e. The van der Waals surface area contributed by atoms with Crippen molar-refractivity contribution < 1.29 is 4.74 Å². The maximum atomic E-state index is 5.86. The van der Waals surface area contributed by atoms with E-state index in [-0.39, 0.29) is 0 Å². The molecule has 19 heavy (non-hydrogen) atoms. The minimum Gasteiger partial charge on any atom is -0.439 e. The first-order chi connectivity index (χ1) is 8.99. The fraction of sp³-hybridized carbons (Fsp3) is 0.267. The Hall–Kier alpha value is -1.06. The first-order valence-corrected chi connectivity index (χ1v) is 7.30. The zero-order valence-electron chi connectivity index (χ0n) is 11.1. The molecule has 0 N–H and O–H groups in total. The van der Waals surface area contributed by atoms with Crippen LogP contribution in [0.25, 0.3) is 0 Å². The molecule has 0 aliphatic rings. The lowest BCUT2D eigenvalue weighted by Gasteiger charge is -2.10. The van der Waals surface area contributed by atoms with Gasteiger partial charge in [0.05, 0.1) is 0 Å². The van der Waals surface area contributed by atoms with E-state index in [1.807, 2.05) is 45.0 Å². The molecule has 0 aliphatic carbocycles. The number of halogens is 2. The van der Waals surface area contributed by atoms with Crippen molar-refractivity contribution in [3.63, 3.8) is 0 Å². The molecule has 1 heterocycles. The van der Waals surface area contributed by atoms with Crippen molar-refractivity contribution in [2.24, 2.45) is 0 Å². The van der Waals surface area contributed by atoms with Crippen LogP contribution in [0.5, 0.6) is 11.6 Å². The van der Waals surface area contributed by atoms with Gasteiger partial charge in [-0.05, 0) is 55.7 Å². The molecule has 0 aliphatic heterocycles. The van der Waals surface area contributed by atoms with E-state index in [1.54, 1.807) is 0 Å². The smallest absolute Gasteiger partial charge is 0.219 e. The molecule has 0 bridgehead atoms. The fourth-order valence-electron chi connectivity index (χ4n) is 1.92. The number of alkyl halides is 1. The highest BCUT2D eigenvalue weighted by Gasteiger charge is 2.06. The highest BCUT2D eigenvalue weighted by Crippen LogP contribution is 2.29. The van der Waals surface area contributed by atoms with Gasteiger partial charge in [0.15, 0.2) is 0 Å². The summed E-state index contributed by atoms with van der Waals surface area (Å²) < 4.78 is 6.94. The Morgan fingerprint density at radius 2 is 1.74 bits per heavy atom. The molecule has 2 aromatic rings. The van der Waals surface area contributed by atoms with Crippen molar-refractivity contribution in [3.8, 4) is 11.6 Å². The zero-order chi connectivity index (χ0) is 14.0. The van der Waals surface area contributed by atoms with Crippen LogP contribution in [0.15, 0.2) is 28.7 Å². The lowest BCUT2D eigenvalue weighted by atomic mass is 10.1. The van der Waals surface area contributed by atoms with Gasteiger partial charge in [-0.25, -0.2) is 4.98 Å². The maximum absolute atomic E-state index is 5.86. The summed E-state index contributed by atoms with van der Waals surface area (Å²) in [5.41, 5.74) is 4.19. The van der Waals surface area contributed by atoms with Crippen molar-refractivity contribution in [2.45, 2.75) is 26.7 Å². The fourth-order valence-corrected chi connectivity index (χ4v) is 2.31. The number of hydrogen-bond acceptors (Lipinski definition) is 2. The highest BCUT2D eigenvalue weighted by molar-refractivity contribution is 9.10. The molecule has 0 unspecified atom stereocenters. The van der Waals surface area contributed by atoms with Crippen LogP contribution in [0.1, 0.15) is 22.4 Å². The molecule has 0 saturated carbocycles. The number of pyridine rings is 1. The summed E-state index contributed by atoms with van der Waals surface area (Å²) in [6, 6.07) is 7.80. The summed E-state index contributed by atoms with van der Waals surface area (Å²) in [7, 11) is 0. The molecular weight excluding hydrogens is 326 g/mol. The number of hydrogen-bond donors (Lipinski definition) is 0. The van der Waals surface area contributed by atoms with Gasteiger partial charge in [-0.15, -0.1) is 11.6 Å². The van der Waals surface area contributed by atoms with Crippen LogP contribution in [-0.2, 0) is 5.88 Å².